The molecule has 0 spiro atoms. The van der Waals surface area contributed by atoms with Gasteiger partial charge in [-0.05, 0) is 58.5 Å². The number of hydrogen-bond acceptors (Lipinski definition) is 4. The summed E-state index contributed by atoms with van der Waals surface area (Å²) in [5.41, 5.74) is 11.1. The molecule has 0 unspecified atom stereocenters. The summed E-state index contributed by atoms with van der Waals surface area (Å²) < 4.78 is 36.2. The summed E-state index contributed by atoms with van der Waals surface area (Å²) in [6.07, 6.45) is 2.12. The van der Waals surface area contributed by atoms with E-state index in [9.17, 15) is 0 Å². The summed E-state index contributed by atoms with van der Waals surface area (Å²) in [6.45, 7) is 2.13. The number of benzene rings is 4. The van der Waals surface area contributed by atoms with Gasteiger partial charge in [-0.2, -0.15) is 0 Å². The number of aromatic nitrogens is 1. The summed E-state index contributed by atoms with van der Waals surface area (Å²) in [5.74, 6) is 0. The molecule has 0 saturated carbocycles. The Bertz CT molecular complexity index is 1400. The minimum atomic E-state index is -4.94. The molecule has 0 aliphatic rings. The van der Waals surface area contributed by atoms with E-state index < -0.39 is 10.2 Å². The lowest BCUT2D eigenvalue weighted by molar-refractivity contribution is -2.00. The molecule has 6 heteroatoms. The molecular formula is C31H26ClNO4. The first-order valence-corrected chi connectivity index (χ1v) is 12.9. The van der Waals surface area contributed by atoms with Gasteiger partial charge in [0.15, 0.2) is 6.20 Å². The van der Waals surface area contributed by atoms with Gasteiger partial charge < -0.3 is 0 Å². The first-order chi connectivity index (χ1) is 17.7. The minimum Gasteiger partial charge on any atom is -0.222 e. The molecule has 4 aromatic carbocycles. The maximum atomic E-state index is 8.49. The highest BCUT2D eigenvalue weighted by Gasteiger charge is 2.22. The van der Waals surface area contributed by atoms with E-state index in [1.807, 2.05) is 0 Å². The van der Waals surface area contributed by atoms with E-state index in [2.05, 4.69) is 140 Å². The van der Waals surface area contributed by atoms with Crippen molar-refractivity contribution in [2.24, 2.45) is 7.05 Å². The van der Waals surface area contributed by atoms with Gasteiger partial charge >= 0.3 is 0 Å². The van der Waals surface area contributed by atoms with Crippen molar-refractivity contribution in [3.05, 3.63) is 127 Å². The summed E-state index contributed by atoms with van der Waals surface area (Å²) in [5, 5.41) is 0. The van der Waals surface area contributed by atoms with Crippen molar-refractivity contribution < 1.29 is 33.4 Å². The second-order valence-corrected chi connectivity index (χ2v) is 9.38. The molecule has 1 heterocycles. The molecular weight excluding hydrogens is 486 g/mol. The summed E-state index contributed by atoms with van der Waals surface area (Å²) >= 11 is 0. The Balaban J connectivity index is 0.000000586. The topological polar surface area (TPSA) is 96.1 Å². The first kappa shape index (κ1) is 26.2. The Morgan fingerprint density at radius 3 is 1.46 bits per heavy atom. The zero-order chi connectivity index (χ0) is 26.4. The van der Waals surface area contributed by atoms with Crippen LogP contribution in [0, 0.1) is 17.2 Å². The lowest BCUT2D eigenvalue weighted by atomic mass is 9.86. The third kappa shape index (κ3) is 6.89. The second kappa shape index (κ2) is 11.5. The molecule has 5 nitrogen and oxygen atoms in total. The van der Waals surface area contributed by atoms with Crippen molar-refractivity contribution in [2.45, 2.75) is 6.92 Å². The van der Waals surface area contributed by atoms with E-state index in [1.165, 1.54) is 50.2 Å². The molecule has 37 heavy (non-hydrogen) atoms. The van der Waals surface area contributed by atoms with Crippen molar-refractivity contribution in [1.82, 2.24) is 0 Å². The van der Waals surface area contributed by atoms with E-state index in [0.29, 0.717) is 0 Å². The van der Waals surface area contributed by atoms with Crippen LogP contribution in [0.15, 0.2) is 121 Å². The van der Waals surface area contributed by atoms with E-state index >= 15 is 0 Å². The van der Waals surface area contributed by atoms with E-state index in [-0.39, 0.29) is 0 Å². The van der Waals surface area contributed by atoms with Gasteiger partial charge in [0, 0.05) is 12.1 Å². The second-order valence-electron chi connectivity index (χ2n) is 8.62. The molecule has 1 aromatic heterocycles. The Labute approximate surface area is 218 Å². The molecule has 0 radical (unpaired) electrons. The zero-order valence-corrected chi connectivity index (χ0v) is 21.3. The minimum absolute atomic E-state index is 1.20. The molecule has 0 aliphatic heterocycles. The van der Waals surface area contributed by atoms with Crippen LogP contribution >= 0.6 is 0 Å². The number of rotatable bonds is 4. The van der Waals surface area contributed by atoms with Gasteiger partial charge in [0.1, 0.15) is 7.05 Å². The van der Waals surface area contributed by atoms with Crippen LogP contribution in [-0.2, 0) is 7.05 Å². The molecule has 0 atom stereocenters. The number of nitrogens with zero attached hydrogens (tertiary/aromatic N) is 1. The van der Waals surface area contributed by atoms with Crippen molar-refractivity contribution >= 4 is 0 Å². The van der Waals surface area contributed by atoms with Crippen molar-refractivity contribution in [1.29, 1.82) is 0 Å². The third-order valence-corrected chi connectivity index (χ3v) is 6.00. The van der Waals surface area contributed by atoms with Gasteiger partial charge in [-0.25, -0.2) is 23.2 Å². The molecule has 5 aromatic rings. The van der Waals surface area contributed by atoms with Crippen LogP contribution in [0.4, 0.5) is 0 Å². The average Bonchev–Trinajstić information content (AvgIpc) is 2.89. The van der Waals surface area contributed by atoms with Crippen LogP contribution in [0.1, 0.15) is 5.56 Å². The molecule has 0 fully saturated rings. The molecule has 0 saturated heterocycles. The molecule has 5 rings (SSSR count). The zero-order valence-electron chi connectivity index (χ0n) is 20.5. The van der Waals surface area contributed by atoms with Crippen LogP contribution < -0.4 is 23.2 Å². The van der Waals surface area contributed by atoms with Crippen molar-refractivity contribution in [3.8, 4) is 44.6 Å². The van der Waals surface area contributed by atoms with Crippen LogP contribution in [0.2, 0.25) is 0 Å². The number of halogens is 1. The number of hydrogen-bond donors (Lipinski definition) is 0. The normalized spacial score (nSPS) is 11.0. The summed E-state index contributed by atoms with van der Waals surface area (Å²) in [6, 6.07) is 41.3. The van der Waals surface area contributed by atoms with Gasteiger partial charge in [0.2, 0.25) is 5.69 Å². The fourth-order valence-electron chi connectivity index (χ4n) is 4.30. The fourth-order valence-corrected chi connectivity index (χ4v) is 4.30. The summed E-state index contributed by atoms with van der Waals surface area (Å²) in [7, 11) is -2.83. The SMILES string of the molecule is Cc1ccc(-c2cc(-c3ccccc3)c(-c3cccc[n+]3C)c(-c3ccccc3)c2)cc1.[O-][Cl+3]([O-])([O-])[O-]. The Morgan fingerprint density at radius 2 is 1.00 bits per heavy atom. The highest BCUT2D eigenvalue weighted by Crippen LogP contribution is 2.42. The van der Waals surface area contributed by atoms with Crippen LogP contribution in [0.25, 0.3) is 44.6 Å². The van der Waals surface area contributed by atoms with Crippen molar-refractivity contribution in [3.63, 3.8) is 0 Å². The highest BCUT2D eigenvalue weighted by molar-refractivity contribution is 5.96. The average molecular weight is 512 g/mol. The Hall–Kier alpha value is -3.84. The van der Waals surface area contributed by atoms with Crippen molar-refractivity contribution in [2.75, 3.05) is 0 Å². The van der Waals surface area contributed by atoms with Gasteiger partial charge in [-0.15, -0.1) is 10.2 Å². The van der Waals surface area contributed by atoms with E-state index in [4.69, 9.17) is 18.6 Å². The molecule has 0 bridgehead atoms. The smallest absolute Gasteiger partial charge is 0.213 e. The highest BCUT2D eigenvalue weighted by atomic mass is 35.7. The first-order valence-electron chi connectivity index (χ1n) is 11.6. The van der Waals surface area contributed by atoms with Crippen LogP contribution in [0.3, 0.4) is 0 Å². The maximum Gasteiger partial charge on any atom is 0.213 e. The third-order valence-electron chi connectivity index (χ3n) is 6.00. The van der Waals surface area contributed by atoms with E-state index in [0.717, 1.165) is 0 Å². The van der Waals surface area contributed by atoms with Gasteiger partial charge in [-0.3, -0.25) is 0 Å². The Kier molecular flexibility index (Phi) is 8.14. The lowest BCUT2D eigenvalue weighted by Crippen LogP contribution is -2.68. The van der Waals surface area contributed by atoms with E-state index in [1.54, 1.807) is 0 Å². The molecule has 0 amide bonds. The van der Waals surface area contributed by atoms with Gasteiger partial charge in [0.05, 0.1) is 5.56 Å². The molecule has 186 valence electrons. The van der Waals surface area contributed by atoms with Crippen LogP contribution in [0.5, 0.6) is 0 Å². The molecule has 0 N–H and O–H groups in total. The monoisotopic (exact) mass is 511 g/mol. The molecule has 0 aliphatic carbocycles. The predicted molar refractivity (Wildman–Crippen MR) is 134 cm³/mol. The maximum absolute atomic E-state index is 8.49. The predicted octanol–water partition coefficient (Wildman–Crippen LogP) is 2.73. The Morgan fingerprint density at radius 1 is 0.541 bits per heavy atom. The quantitative estimate of drug-likeness (QED) is 0.347. The van der Waals surface area contributed by atoms with Gasteiger partial charge in [0.25, 0.3) is 0 Å². The summed E-state index contributed by atoms with van der Waals surface area (Å²) in [4.78, 5) is 0. The lowest BCUT2D eigenvalue weighted by Gasteiger charge is -2.17. The van der Waals surface area contributed by atoms with Gasteiger partial charge in [-0.1, -0.05) is 90.5 Å². The standard InChI is InChI=1S/C31H26N.ClHO4/c1-23-16-18-24(19-17-23)27-21-28(25-11-5-3-6-12-25)31(30-15-9-10-20-32(30)2)29(22-27)26-13-7-4-8-14-26;2-1(3,4)5/h3-22H,1-2H3;(H,2,3,4,5)/q+1;/p-1. The number of pyridine rings is 1. The number of aryl methyl sites for hydroxylation is 2. The van der Waals surface area contributed by atoms with Crippen LogP contribution in [-0.4, -0.2) is 0 Å². The fraction of sp³-hybridized carbons (Fsp3) is 0.0645. The largest absolute Gasteiger partial charge is 0.222 e.